The summed E-state index contributed by atoms with van der Waals surface area (Å²) in [7, 11) is 0. The molecule has 2 N–H and O–H groups in total. The average molecular weight is 308 g/mol. The maximum atomic E-state index is 13.3. The molecule has 0 bridgehead atoms. The first kappa shape index (κ1) is 14.8. The number of hydrogen-bond donors (Lipinski definition) is 2. The monoisotopic (exact) mass is 308 g/mol. The van der Waals surface area contributed by atoms with E-state index >= 15 is 0 Å². The summed E-state index contributed by atoms with van der Waals surface area (Å²) < 4.78 is 69.8. The number of benzene rings is 1. The lowest BCUT2D eigenvalue weighted by Crippen LogP contribution is -2.09. The van der Waals surface area contributed by atoms with E-state index in [2.05, 4.69) is 9.68 Å². The molecule has 1 aromatic heterocycles. The summed E-state index contributed by atoms with van der Waals surface area (Å²) in [5.41, 5.74) is -1.72. The van der Waals surface area contributed by atoms with Gasteiger partial charge >= 0.3 is 5.97 Å². The zero-order valence-electron chi connectivity index (χ0n) is 9.89. The Morgan fingerprint density at radius 2 is 1.62 bits per heavy atom. The Bertz CT molecular complexity index is 687. The molecule has 0 radical (unpaired) electrons. The number of carboxylic acids is 1. The van der Waals surface area contributed by atoms with E-state index < -0.39 is 53.0 Å². The Morgan fingerprint density at radius 1 is 1.10 bits per heavy atom. The van der Waals surface area contributed by atoms with Crippen molar-refractivity contribution in [1.29, 1.82) is 0 Å². The van der Waals surface area contributed by atoms with Gasteiger partial charge in [0.2, 0.25) is 5.82 Å². The van der Waals surface area contributed by atoms with Crippen LogP contribution in [0.3, 0.4) is 0 Å². The highest BCUT2D eigenvalue weighted by Crippen LogP contribution is 2.27. The average Bonchev–Trinajstić information content (AvgIpc) is 2.92. The number of nitrogens with one attached hydrogen (secondary N) is 1. The molecule has 0 aliphatic carbocycles. The SMILES string of the molecule is O=C(O)c1cc(CNc2c(F)c(F)c(F)c(F)c2F)on1. The molecule has 0 aliphatic rings. The van der Waals surface area contributed by atoms with Crippen molar-refractivity contribution in [3.63, 3.8) is 0 Å². The van der Waals surface area contributed by atoms with Gasteiger partial charge in [0, 0.05) is 6.07 Å². The van der Waals surface area contributed by atoms with Crippen molar-refractivity contribution in [3.05, 3.63) is 46.6 Å². The van der Waals surface area contributed by atoms with Gasteiger partial charge in [-0.25, -0.2) is 26.7 Å². The molecule has 0 aliphatic heterocycles. The summed E-state index contributed by atoms with van der Waals surface area (Å²) in [5.74, 6) is -12.1. The Balaban J connectivity index is 2.26. The van der Waals surface area contributed by atoms with Gasteiger partial charge < -0.3 is 14.9 Å². The quantitative estimate of drug-likeness (QED) is 0.516. The van der Waals surface area contributed by atoms with Gasteiger partial charge in [-0.2, -0.15) is 0 Å². The third-order valence-corrected chi connectivity index (χ3v) is 2.43. The van der Waals surface area contributed by atoms with E-state index in [0.717, 1.165) is 6.07 Å². The van der Waals surface area contributed by atoms with Crippen LogP contribution < -0.4 is 5.32 Å². The molecular formula is C11H5F5N2O3. The zero-order valence-corrected chi connectivity index (χ0v) is 9.89. The molecule has 0 fully saturated rings. The summed E-state index contributed by atoms with van der Waals surface area (Å²) in [6.45, 7) is -0.529. The van der Waals surface area contributed by atoms with Crippen LogP contribution in [0.25, 0.3) is 0 Å². The number of aromatic nitrogens is 1. The lowest BCUT2D eigenvalue weighted by molar-refractivity contribution is 0.0685. The van der Waals surface area contributed by atoms with Crippen LogP contribution in [-0.2, 0) is 6.54 Å². The van der Waals surface area contributed by atoms with Crippen molar-refractivity contribution in [2.45, 2.75) is 6.54 Å². The van der Waals surface area contributed by atoms with E-state index in [1.807, 2.05) is 5.32 Å². The molecule has 0 amide bonds. The Morgan fingerprint density at radius 3 is 2.10 bits per heavy atom. The second kappa shape index (κ2) is 5.38. The summed E-state index contributed by atoms with van der Waals surface area (Å²) >= 11 is 0. The number of carbonyl (C=O) groups is 1. The summed E-state index contributed by atoms with van der Waals surface area (Å²) in [4.78, 5) is 10.5. The number of aromatic carboxylic acids is 1. The van der Waals surface area contributed by atoms with Gasteiger partial charge in [-0.15, -0.1) is 0 Å². The second-order valence-electron chi connectivity index (χ2n) is 3.78. The van der Waals surface area contributed by atoms with Crippen molar-refractivity contribution in [3.8, 4) is 0 Å². The first-order chi connectivity index (χ1) is 9.82. The number of carboxylic acid groups (broad SMARTS) is 1. The van der Waals surface area contributed by atoms with Crippen LogP contribution in [-0.4, -0.2) is 16.2 Å². The predicted molar refractivity (Wildman–Crippen MR) is 57.0 cm³/mol. The van der Waals surface area contributed by atoms with E-state index in [1.165, 1.54) is 0 Å². The van der Waals surface area contributed by atoms with Gasteiger partial charge in [-0.05, 0) is 0 Å². The van der Waals surface area contributed by atoms with E-state index in [4.69, 9.17) is 5.11 Å². The number of rotatable bonds is 4. The third-order valence-electron chi connectivity index (χ3n) is 2.43. The van der Waals surface area contributed by atoms with Crippen molar-refractivity contribution in [2.24, 2.45) is 0 Å². The standard InChI is InChI=1S/C11H5F5N2O3/c12-5-6(13)8(15)10(9(16)7(5)14)17-2-3-1-4(11(19)20)18-21-3/h1,17H,2H2,(H,19,20). The summed E-state index contributed by atoms with van der Waals surface area (Å²) in [6.07, 6.45) is 0. The first-order valence-electron chi connectivity index (χ1n) is 5.27. The highest BCUT2D eigenvalue weighted by Gasteiger charge is 2.25. The zero-order chi connectivity index (χ0) is 15.7. The van der Waals surface area contributed by atoms with E-state index in [1.54, 1.807) is 0 Å². The van der Waals surface area contributed by atoms with Crippen LogP contribution in [0, 0.1) is 29.1 Å². The van der Waals surface area contributed by atoms with Gasteiger partial charge in [-0.1, -0.05) is 5.16 Å². The Hall–Kier alpha value is -2.65. The van der Waals surface area contributed by atoms with E-state index in [-0.39, 0.29) is 5.76 Å². The van der Waals surface area contributed by atoms with Crippen LogP contribution in [0.2, 0.25) is 0 Å². The minimum Gasteiger partial charge on any atom is -0.476 e. The van der Waals surface area contributed by atoms with Crippen molar-refractivity contribution < 1.29 is 36.4 Å². The molecular weight excluding hydrogens is 303 g/mol. The van der Waals surface area contributed by atoms with Crippen LogP contribution in [0.15, 0.2) is 10.6 Å². The molecule has 21 heavy (non-hydrogen) atoms. The molecule has 0 saturated carbocycles. The molecule has 2 rings (SSSR count). The summed E-state index contributed by atoms with van der Waals surface area (Å²) in [6, 6.07) is 0.932. The van der Waals surface area contributed by atoms with E-state index in [9.17, 15) is 26.7 Å². The largest absolute Gasteiger partial charge is 0.476 e. The molecule has 112 valence electrons. The van der Waals surface area contributed by atoms with Gasteiger partial charge in [0.25, 0.3) is 0 Å². The van der Waals surface area contributed by atoms with E-state index in [0.29, 0.717) is 0 Å². The molecule has 2 aromatic rings. The van der Waals surface area contributed by atoms with Gasteiger partial charge in [0.1, 0.15) is 5.69 Å². The normalized spacial score (nSPS) is 10.7. The highest BCUT2D eigenvalue weighted by atomic mass is 19.2. The number of anilines is 1. The van der Waals surface area contributed by atoms with Crippen LogP contribution >= 0.6 is 0 Å². The third kappa shape index (κ3) is 2.64. The molecule has 0 spiro atoms. The van der Waals surface area contributed by atoms with Crippen molar-refractivity contribution >= 4 is 11.7 Å². The summed E-state index contributed by atoms with van der Waals surface area (Å²) in [5, 5.41) is 13.6. The van der Waals surface area contributed by atoms with Crippen LogP contribution in [0.5, 0.6) is 0 Å². The van der Waals surface area contributed by atoms with Crippen molar-refractivity contribution in [2.75, 3.05) is 5.32 Å². The molecule has 1 heterocycles. The predicted octanol–water partition coefficient (Wildman–Crippen LogP) is 2.68. The topological polar surface area (TPSA) is 75.4 Å². The lowest BCUT2D eigenvalue weighted by Gasteiger charge is -2.09. The lowest BCUT2D eigenvalue weighted by atomic mass is 10.2. The van der Waals surface area contributed by atoms with Crippen LogP contribution in [0.1, 0.15) is 16.2 Å². The molecule has 0 saturated heterocycles. The Kier molecular flexibility index (Phi) is 3.78. The minimum atomic E-state index is -2.27. The molecule has 10 heteroatoms. The maximum absolute atomic E-state index is 13.3. The fourth-order valence-electron chi connectivity index (χ4n) is 1.43. The maximum Gasteiger partial charge on any atom is 0.358 e. The smallest absolute Gasteiger partial charge is 0.358 e. The van der Waals surface area contributed by atoms with Gasteiger partial charge in [0.15, 0.2) is 34.7 Å². The number of hydrogen-bond acceptors (Lipinski definition) is 4. The van der Waals surface area contributed by atoms with Crippen molar-refractivity contribution in [1.82, 2.24) is 5.16 Å². The number of halogens is 5. The van der Waals surface area contributed by atoms with Crippen LogP contribution in [0.4, 0.5) is 27.6 Å². The molecule has 1 aromatic carbocycles. The minimum absolute atomic E-state index is 0.170. The fraction of sp³-hybridized carbons (Fsp3) is 0.0909. The molecule has 0 unspecified atom stereocenters. The second-order valence-corrected chi connectivity index (χ2v) is 3.78. The first-order valence-corrected chi connectivity index (χ1v) is 5.27. The molecule has 5 nitrogen and oxygen atoms in total. The van der Waals surface area contributed by atoms with Gasteiger partial charge in [0.05, 0.1) is 6.54 Å². The highest BCUT2D eigenvalue weighted by molar-refractivity contribution is 5.85. The van der Waals surface area contributed by atoms with Gasteiger partial charge in [-0.3, -0.25) is 0 Å². The fourth-order valence-corrected chi connectivity index (χ4v) is 1.43. The Labute approximate surface area is 113 Å². The molecule has 0 atom stereocenters. The number of nitrogens with zero attached hydrogens (tertiary/aromatic N) is 1.